The molecular formula is C91H110N12O16. The van der Waals surface area contributed by atoms with Crippen molar-refractivity contribution in [3.63, 3.8) is 0 Å². The Morgan fingerprint density at radius 1 is 0.336 bits per heavy atom. The van der Waals surface area contributed by atoms with Crippen LogP contribution in [0.5, 0.6) is 23.0 Å². The Morgan fingerprint density at radius 3 is 0.975 bits per heavy atom. The molecule has 119 heavy (non-hydrogen) atoms. The molecule has 0 saturated heterocycles. The fourth-order valence-electron chi connectivity index (χ4n) is 13.4. The maximum atomic E-state index is 15.1. The Hall–Kier alpha value is -12.2. The lowest BCUT2D eigenvalue weighted by atomic mass is 9.97. The lowest BCUT2D eigenvalue weighted by Crippen LogP contribution is -2.46. The molecule has 9 aliphatic heterocycles. The fraction of sp³-hybridized carbons (Fsp3) is 0.374. The summed E-state index contributed by atoms with van der Waals surface area (Å²) in [5.41, 5.74) is 6.84. The van der Waals surface area contributed by atoms with Gasteiger partial charge in [0, 0.05) is 140 Å². The van der Waals surface area contributed by atoms with Crippen molar-refractivity contribution in [3.8, 4) is 23.0 Å². The Bertz CT molecular complexity index is 4670. The summed E-state index contributed by atoms with van der Waals surface area (Å²) in [4.78, 5) is 134. The number of rotatable bonds is 26. The maximum absolute atomic E-state index is 15.1. The summed E-state index contributed by atoms with van der Waals surface area (Å²) >= 11 is 0. The van der Waals surface area contributed by atoms with Crippen molar-refractivity contribution >= 4 is 53.4 Å². The third-order valence-electron chi connectivity index (χ3n) is 20.2. The van der Waals surface area contributed by atoms with E-state index < -0.39 is 35.3 Å². The minimum atomic E-state index is -0.633. The third kappa shape index (κ3) is 27.2. The minimum absolute atomic E-state index is 0.00112. The highest BCUT2D eigenvalue weighted by molar-refractivity contribution is 6.05. The van der Waals surface area contributed by atoms with Crippen molar-refractivity contribution in [3.05, 3.63) is 259 Å². The van der Waals surface area contributed by atoms with Gasteiger partial charge in [0.2, 0.25) is 0 Å². The van der Waals surface area contributed by atoms with E-state index in [1.807, 2.05) is 126 Å². The number of benzene rings is 8. The number of nitrogens with one attached hydrogen (secondary N) is 9. The van der Waals surface area contributed by atoms with Gasteiger partial charge < -0.3 is 81.0 Å². The van der Waals surface area contributed by atoms with E-state index >= 15 is 9.59 Å². The van der Waals surface area contributed by atoms with Crippen LogP contribution in [0.3, 0.4) is 0 Å². The number of carbonyl (C=O) groups excluding carboxylic acids is 9. The quantitative estimate of drug-likeness (QED) is 0.0229. The van der Waals surface area contributed by atoms with Gasteiger partial charge in [-0.1, -0.05) is 121 Å². The summed E-state index contributed by atoms with van der Waals surface area (Å²) in [5.74, 6) is -3.47. The van der Waals surface area contributed by atoms with Crippen LogP contribution in [0.15, 0.2) is 170 Å². The zero-order valence-corrected chi connectivity index (χ0v) is 68.9. The molecule has 0 radical (unpaired) electrons. The number of carbonyl (C=O) groups is 9. The number of amides is 9. The second kappa shape index (κ2) is 45.5. The van der Waals surface area contributed by atoms with Gasteiger partial charge in [-0.15, -0.1) is 0 Å². The van der Waals surface area contributed by atoms with Gasteiger partial charge in [0.15, 0.2) is 23.0 Å². The number of nitrogens with zero attached hydrogens (tertiary/aromatic N) is 3. The van der Waals surface area contributed by atoms with Crippen LogP contribution in [0.25, 0.3) is 0 Å². The van der Waals surface area contributed by atoms with Gasteiger partial charge >= 0.3 is 6.09 Å². The number of fused-ring (bicyclic) bond motifs is 1. The lowest BCUT2D eigenvalue weighted by molar-refractivity contribution is 0.0399. The zero-order valence-electron chi connectivity index (χ0n) is 68.9. The van der Waals surface area contributed by atoms with E-state index in [9.17, 15) is 33.6 Å². The van der Waals surface area contributed by atoms with Crippen LogP contribution in [0.4, 0.5) is 4.79 Å². The molecule has 28 heteroatoms. The molecule has 0 spiro atoms. The third-order valence-corrected chi connectivity index (χ3v) is 20.2. The standard InChI is InChI=1S/C91H110N12O16/c1-62-64(3)72-30-28-70(62)82(104)92-36-45-101-46-37-93-83(105)71-29-31-73(65(4)63(71)2)85(107)95-40-49-102(48-39-94-84(72)106)52-53-103(50-41-97-87(109)75-33-32-74(86(108)96-38-47-101)78(115-58-66-20-12-8-13-21-66)79(75)116-59-67-22-14-9-15-23-67)51-42-98-88(110)76-34-35-77(89(111)99-43-54-113-56-57-114-55-44-100-90(112)119-91(5,6)7)81(118-61-69-26-18-11-19-27-69)80(76)117-60-68-24-16-10-17-25-68/h8-35H,36-61H2,1-7H3,(H,92,104)(H,93,105)(H,94,106)(H,95,107)(H,96,108)(H,97,109)(H,98,110)(H,99,111)(H,100,112). The second-order valence-corrected chi connectivity index (χ2v) is 29.8. The van der Waals surface area contributed by atoms with Gasteiger partial charge in [-0.3, -0.25) is 53.1 Å². The Kier molecular flexibility index (Phi) is 34.1. The highest BCUT2D eigenvalue weighted by Crippen LogP contribution is 2.39. The molecule has 8 bridgehead atoms. The van der Waals surface area contributed by atoms with E-state index in [0.717, 1.165) is 22.3 Å². The molecule has 0 saturated carbocycles. The van der Waals surface area contributed by atoms with Crippen molar-refractivity contribution in [2.45, 2.75) is 80.5 Å². The van der Waals surface area contributed by atoms with Crippen molar-refractivity contribution in [2.24, 2.45) is 0 Å². The Labute approximate surface area is 695 Å². The number of hydrogen-bond donors (Lipinski definition) is 9. The van der Waals surface area contributed by atoms with E-state index in [1.165, 1.54) is 24.3 Å². The first-order valence-electron chi connectivity index (χ1n) is 40.3. The first kappa shape index (κ1) is 89.1. The molecule has 9 amide bonds. The number of hydrogen-bond acceptors (Lipinski definition) is 19. The van der Waals surface area contributed by atoms with Gasteiger partial charge in [-0.25, -0.2) is 4.79 Å². The first-order valence-corrected chi connectivity index (χ1v) is 40.3. The molecule has 28 nitrogen and oxygen atoms in total. The predicted octanol–water partition coefficient (Wildman–Crippen LogP) is 8.67. The summed E-state index contributed by atoms with van der Waals surface area (Å²) in [6.45, 7) is 17.0. The highest BCUT2D eigenvalue weighted by Gasteiger charge is 2.30. The number of ether oxygens (including phenoxy) is 7. The van der Waals surface area contributed by atoms with Crippen molar-refractivity contribution < 1.29 is 76.3 Å². The average molecular weight is 1630 g/mol. The molecule has 0 fully saturated rings. The largest absolute Gasteiger partial charge is 0.484 e. The number of alkyl carbamates (subject to hydrolysis) is 1. The molecule has 9 heterocycles. The molecule has 9 N–H and O–H groups in total. The summed E-state index contributed by atoms with van der Waals surface area (Å²) in [6.07, 6.45) is -0.545. The van der Waals surface area contributed by atoms with Crippen LogP contribution >= 0.6 is 0 Å². The van der Waals surface area contributed by atoms with E-state index in [1.54, 1.807) is 72.7 Å². The van der Waals surface area contributed by atoms with Gasteiger partial charge in [0.1, 0.15) is 32.0 Å². The van der Waals surface area contributed by atoms with Crippen LogP contribution in [0.2, 0.25) is 0 Å². The molecule has 8 aromatic rings. The average Bonchev–Trinajstić information content (AvgIpc) is 0.809. The molecule has 8 aromatic carbocycles. The normalized spacial score (nSPS) is 15.8. The summed E-state index contributed by atoms with van der Waals surface area (Å²) in [6, 6.07) is 50.1. The van der Waals surface area contributed by atoms with Gasteiger partial charge in [-0.2, -0.15) is 0 Å². The highest BCUT2D eigenvalue weighted by atomic mass is 16.6. The van der Waals surface area contributed by atoms with Crippen LogP contribution in [-0.4, -0.2) is 218 Å². The van der Waals surface area contributed by atoms with Crippen molar-refractivity contribution in [1.29, 1.82) is 0 Å². The Balaban J connectivity index is 0.968. The molecule has 630 valence electrons. The summed E-state index contributed by atoms with van der Waals surface area (Å²) in [7, 11) is 0. The van der Waals surface area contributed by atoms with Gasteiger partial charge in [0.05, 0.1) is 48.7 Å². The predicted molar refractivity (Wildman–Crippen MR) is 452 cm³/mol. The molecule has 17 rings (SSSR count). The van der Waals surface area contributed by atoms with Crippen LogP contribution in [0.1, 0.15) is 148 Å². The van der Waals surface area contributed by atoms with E-state index in [2.05, 4.69) is 57.7 Å². The maximum Gasteiger partial charge on any atom is 0.407 e. The molecule has 0 atom stereocenters. The molecule has 0 unspecified atom stereocenters. The topological polar surface area (TPSA) is 336 Å². The van der Waals surface area contributed by atoms with E-state index in [4.69, 9.17) is 33.2 Å². The van der Waals surface area contributed by atoms with Crippen LogP contribution in [-0.2, 0) is 40.6 Å². The lowest BCUT2D eigenvalue weighted by Gasteiger charge is -2.28. The second-order valence-electron chi connectivity index (χ2n) is 29.8. The first-order chi connectivity index (χ1) is 57.6. The molecule has 0 aromatic heterocycles. The SMILES string of the molecule is Cc1c2ccc(c1C)C(=O)NCCN1CCNC(=O)c3ccc(c(C)c3C)C(=O)NCCN(CCNC2=O)CCNC(=O)c2ccc(c(OCc3ccccc3)c2OCc2ccccc2)C(=O)NCCN(CCNC(=O)c2ccc(C(=O)NCCOCCOCCNC(=O)OC(C)(C)C)c(OCc3ccccc3)c2OCc2ccccc2)CC1. The van der Waals surface area contributed by atoms with Gasteiger partial charge in [-0.05, 0) is 142 Å². The monoisotopic (exact) mass is 1630 g/mol. The smallest absolute Gasteiger partial charge is 0.407 e. The molecule has 0 aliphatic carbocycles. The van der Waals surface area contributed by atoms with Crippen molar-refractivity contribution in [1.82, 2.24) is 62.6 Å². The molecule has 9 aliphatic rings. The van der Waals surface area contributed by atoms with Gasteiger partial charge in [0.25, 0.3) is 47.3 Å². The fourth-order valence-corrected chi connectivity index (χ4v) is 13.4. The minimum Gasteiger partial charge on any atom is -0.484 e. The summed E-state index contributed by atoms with van der Waals surface area (Å²) < 4.78 is 43.1. The summed E-state index contributed by atoms with van der Waals surface area (Å²) in [5, 5.41) is 27.1. The van der Waals surface area contributed by atoms with E-state index in [-0.39, 0.29) is 200 Å². The zero-order chi connectivity index (χ0) is 84.5. The van der Waals surface area contributed by atoms with E-state index in [0.29, 0.717) is 83.8 Å². The van der Waals surface area contributed by atoms with Crippen LogP contribution in [0, 0.1) is 27.7 Å². The van der Waals surface area contributed by atoms with Crippen molar-refractivity contribution in [2.75, 3.05) is 144 Å². The molecular weight excluding hydrogens is 1520 g/mol. The Morgan fingerprint density at radius 2 is 0.630 bits per heavy atom. The van der Waals surface area contributed by atoms with Crippen LogP contribution < -0.4 is 66.8 Å².